The lowest BCUT2D eigenvalue weighted by molar-refractivity contribution is 0.212. The predicted molar refractivity (Wildman–Crippen MR) is 86.9 cm³/mol. The first kappa shape index (κ1) is 18.7. The maximum Gasteiger partial charge on any atom is 0.292 e. The van der Waals surface area contributed by atoms with Crippen LogP contribution in [0.4, 0.5) is 17.6 Å². The summed E-state index contributed by atoms with van der Waals surface area (Å²) in [5.41, 5.74) is -0.806. The van der Waals surface area contributed by atoms with E-state index in [2.05, 4.69) is 5.10 Å². The zero-order valence-corrected chi connectivity index (χ0v) is 14.0. The van der Waals surface area contributed by atoms with Crippen LogP contribution in [0.25, 0.3) is 0 Å². The number of aromatic nitrogens is 2. The minimum absolute atomic E-state index is 0.0270. The average molecular weight is 401 g/mol. The Balaban J connectivity index is 1.77. The lowest BCUT2D eigenvalue weighted by Gasteiger charge is -2.11. The van der Waals surface area contributed by atoms with E-state index in [1.807, 2.05) is 0 Å². The Morgan fingerprint density at radius 1 is 0.926 bits per heavy atom. The van der Waals surface area contributed by atoms with Crippen LogP contribution < -0.4 is 15.0 Å². The molecule has 10 heteroatoms. The first-order valence-electron chi connectivity index (χ1n) is 7.31. The summed E-state index contributed by atoms with van der Waals surface area (Å²) in [5, 5.41) is 3.38. The Morgan fingerprint density at radius 3 is 2.15 bits per heavy atom. The molecule has 0 atom stereocenters. The fourth-order valence-corrected chi connectivity index (χ4v) is 2.17. The number of halogens is 5. The van der Waals surface area contributed by atoms with Crippen molar-refractivity contribution in [2.24, 2.45) is 0 Å². The van der Waals surface area contributed by atoms with Gasteiger partial charge in [-0.1, -0.05) is 11.6 Å². The molecule has 27 heavy (non-hydrogen) atoms. The Kier molecular flexibility index (Phi) is 5.31. The fourth-order valence-electron chi connectivity index (χ4n) is 1.98. The van der Waals surface area contributed by atoms with Gasteiger partial charge >= 0.3 is 0 Å². The van der Waals surface area contributed by atoms with E-state index in [1.54, 1.807) is 0 Å². The van der Waals surface area contributed by atoms with E-state index in [-0.39, 0.29) is 22.3 Å². The third-order valence-corrected chi connectivity index (χ3v) is 3.66. The maximum absolute atomic E-state index is 13.2. The molecule has 2 aromatic carbocycles. The molecule has 5 nitrogen and oxygen atoms in total. The topological polar surface area (TPSA) is 53.3 Å². The van der Waals surface area contributed by atoms with Gasteiger partial charge in [0, 0.05) is 12.1 Å². The van der Waals surface area contributed by atoms with Gasteiger partial charge < -0.3 is 9.47 Å². The lowest BCUT2D eigenvalue weighted by Crippen LogP contribution is -2.25. The molecule has 0 amide bonds. The first-order chi connectivity index (χ1) is 12.8. The van der Waals surface area contributed by atoms with Crippen molar-refractivity contribution in [2.45, 2.75) is 6.73 Å². The third kappa shape index (κ3) is 4.20. The van der Waals surface area contributed by atoms with Crippen molar-refractivity contribution < 1.29 is 27.0 Å². The third-order valence-electron chi connectivity index (χ3n) is 3.32. The van der Waals surface area contributed by atoms with Gasteiger partial charge in [0.05, 0.1) is 6.20 Å². The maximum atomic E-state index is 13.2. The van der Waals surface area contributed by atoms with Gasteiger partial charge in [-0.3, -0.25) is 4.79 Å². The highest BCUT2D eigenvalue weighted by Crippen LogP contribution is 2.26. The summed E-state index contributed by atoms with van der Waals surface area (Å²) in [6.45, 7) is -0.435. The highest BCUT2D eigenvalue weighted by molar-refractivity contribution is 6.31. The quantitative estimate of drug-likeness (QED) is 0.600. The first-order valence-corrected chi connectivity index (χ1v) is 7.69. The molecule has 0 saturated heterocycles. The summed E-state index contributed by atoms with van der Waals surface area (Å²) in [6.07, 6.45) is 1.07. The van der Waals surface area contributed by atoms with Crippen LogP contribution in [0.15, 0.2) is 47.4 Å². The Bertz CT molecular complexity index is 1060. The minimum atomic E-state index is -1.13. The van der Waals surface area contributed by atoms with Crippen molar-refractivity contribution in [3.05, 3.63) is 81.2 Å². The van der Waals surface area contributed by atoms with Gasteiger partial charge in [0.15, 0.2) is 40.8 Å². The molecule has 3 aromatic rings. The average Bonchev–Trinajstić information content (AvgIpc) is 2.64. The molecule has 0 saturated carbocycles. The van der Waals surface area contributed by atoms with Crippen LogP contribution >= 0.6 is 11.6 Å². The van der Waals surface area contributed by atoms with E-state index in [0.717, 1.165) is 41.2 Å². The number of hydrogen-bond donors (Lipinski definition) is 0. The molecule has 0 spiro atoms. The second kappa shape index (κ2) is 7.67. The van der Waals surface area contributed by atoms with Gasteiger partial charge in [-0.15, -0.1) is 0 Å². The number of rotatable bonds is 5. The fraction of sp³-hybridized carbons (Fsp3) is 0.0588. The zero-order chi connectivity index (χ0) is 19.6. The summed E-state index contributed by atoms with van der Waals surface area (Å²) in [6, 6.07) is 5.62. The van der Waals surface area contributed by atoms with Gasteiger partial charge in [-0.05, 0) is 24.3 Å². The van der Waals surface area contributed by atoms with Crippen LogP contribution in [-0.4, -0.2) is 9.78 Å². The summed E-state index contributed by atoms with van der Waals surface area (Å²) >= 11 is 5.92. The van der Waals surface area contributed by atoms with E-state index < -0.39 is 35.6 Å². The van der Waals surface area contributed by atoms with E-state index in [4.69, 9.17) is 21.1 Å². The van der Waals surface area contributed by atoms with Gasteiger partial charge in [0.25, 0.3) is 5.56 Å². The summed E-state index contributed by atoms with van der Waals surface area (Å²) in [7, 11) is 0. The molecule has 0 radical (unpaired) electrons. The van der Waals surface area contributed by atoms with Gasteiger partial charge in [0.1, 0.15) is 11.5 Å². The van der Waals surface area contributed by atoms with Crippen molar-refractivity contribution in [1.82, 2.24) is 9.78 Å². The van der Waals surface area contributed by atoms with Crippen LogP contribution in [-0.2, 0) is 6.73 Å². The van der Waals surface area contributed by atoms with Crippen molar-refractivity contribution in [2.75, 3.05) is 0 Å². The SMILES string of the molecule is O=c1c(Cl)c(Oc2ccc(F)c(F)c2)cnn1COc1ccc(F)c(F)c1. The number of nitrogens with zero attached hydrogens (tertiary/aromatic N) is 2. The molecule has 1 aromatic heterocycles. The van der Waals surface area contributed by atoms with E-state index in [0.29, 0.717) is 0 Å². The molecule has 0 fully saturated rings. The van der Waals surface area contributed by atoms with Crippen LogP contribution in [0.2, 0.25) is 5.02 Å². The van der Waals surface area contributed by atoms with Crippen molar-refractivity contribution in [3.63, 3.8) is 0 Å². The molecule has 0 aliphatic carbocycles. The highest BCUT2D eigenvalue weighted by Gasteiger charge is 2.13. The molecule has 140 valence electrons. The molecular weight excluding hydrogens is 392 g/mol. The van der Waals surface area contributed by atoms with E-state index in [9.17, 15) is 22.4 Å². The Morgan fingerprint density at radius 2 is 1.52 bits per heavy atom. The second-order valence-corrected chi connectivity index (χ2v) is 5.53. The molecule has 0 bridgehead atoms. The van der Waals surface area contributed by atoms with E-state index in [1.165, 1.54) is 6.07 Å². The molecule has 0 aliphatic rings. The normalized spacial score (nSPS) is 10.7. The van der Waals surface area contributed by atoms with Crippen LogP contribution in [0.3, 0.4) is 0 Å². The highest BCUT2D eigenvalue weighted by atomic mass is 35.5. The largest absolute Gasteiger partial charge is 0.471 e. The summed E-state index contributed by atoms with van der Waals surface area (Å²) < 4.78 is 63.3. The summed E-state index contributed by atoms with van der Waals surface area (Å²) in [5.74, 6) is -4.65. The van der Waals surface area contributed by atoms with Crippen LogP contribution in [0.1, 0.15) is 0 Å². The molecule has 0 N–H and O–H groups in total. The number of ether oxygens (including phenoxy) is 2. The Hall–Kier alpha value is -3.07. The minimum Gasteiger partial charge on any atom is -0.471 e. The van der Waals surface area contributed by atoms with Crippen molar-refractivity contribution in [1.29, 1.82) is 0 Å². The van der Waals surface area contributed by atoms with Gasteiger partial charge in [-0.25, -0.2) is 17.6 Å². The molecule has 0 unspecified atom stereocenters. The zero-order valence-electron chi connectivity index (χ0n) is 13.3. The summed E-state index contributed by atoms with van der Waals surface area (Å²) in [4.78, 5) is 12.2. The molecule has 3 rings (SSSR count). The Labute approximate surface area is 154 Å². The molecule has 1 heterocycles. The number of benzene rings is 2. The van der Waals surface area contributed by atoms with Crippen LogP contribution in [0, 0.1) is 23.3 Å². The van der Waals surface area contributed by atoms with Crippen molar-refractivity contribution >= 4 is 11.6 Å². The van der Waals surface area contributed by atoms with Gasteiger partial charge in [-0.2, -0.15) is 9.78 Å². The molecular formula is C17H9ClF4N2O3. The number of hydrogen-bond acceptors (Lipinski definition) is 4. The van der Waals surface area contributed by atoms with Gasteiger partial charge in [0.2, 0.25) is 0 Å². The lowest BCUT2D eigenvalue weighted by atomic mass is 10.3. The smallest absolute Gasteiger partial charge is 0.292 e. The standard InChI is InChI=1S/C17H9ClF4N2O3/c18-16-15(27-10-2-4-12(20)14(22)6-10)7-23-24(17(16)25)8-26-9-1-3-11(19)13(21)5-9/h1-7H,8H2. The van der Waals surface area contributed by atoms with E-state index >= 15 is 0 Å². The predicted octanol–water partition coefficient (Wildman–Crippen LogP) is 4.28. The second-order valence-electron chi connectivity index (χ2n) is 5.15. The van der Waals surface area contributed by atoms with Crippen LogP contribution in [0.5, 0.6) is 17.2 Å². The van der Waals surface area contributed by atoms with Crippen molar-refractivity contribution in [3.8, 4) is 17.2 Å². The monoisotopic (exact) mass is 400 g/mol. The molecule has 0 aliphatic heterocycles.